The van der Waals surface area contributed by atoms with Crippen LogP contribution in [0.3, 0.4) is 0 Å². The van der Waals surface area contributed by atoms with Crippen LogP contribution in [0, 0.1) is 0 Å². The van der Waals surface area contributed by atoms with Crippen molar-refractivity contribution in [1.82, 2.24) is 4.90 Å². The number of hydrogen-bond donors (Lipinski definition) is 0. The summed E-state index contributed by atoms with van der Waals surface area (Å²) in [5.41, 5.74) is 1.85. The molecule has 2 aromatic rings. The van der Waals surface area contributed by atoms with E-state index in [1.54, 1.807) is 13.3 Å². The van der Waals surface area contributed by atoms with Crippen molar-refractivity contribution in [3.63, 3.8) is 0 Å². The molecule has 2 rings (SSSR count). The molecule has 98 valence electrons. The number of aliphatic imine (C=N–C) groups is 1. The Hall–Kier alpha value is -1.94. The maximum absolute atomic E-state index is 11.7. The fourth-order valence-corrected chi connectivity index (χ4v) is 2.66. The highest BCUT2D eigenvalue weighted by atomic mass is 32.1. The molecule has 1 aromatic carbocycles. The van der Waals surface area contributed by atoms with Crippen LogP contribution in [0.2, 0.25) is 0 Å². The van der Waals surface area contributed by atoms with Gasteiger partial charge in [-0.05, 0) is 11.6 Å². The molecule has 0 radical (unpaired) electrons. The average molecular weight is 272 g/mol. The van der Waals surface area contributed by atoms with Crippen LogP contribution in [-0.4, -0.2) is 31.1 Å². The van der Waals surface area contributed by atoms with Crippen LogP contribution < -0.4 is 0 Å². The van der Waals surface area contributed by atoms with Crippen molar-refractivity contribution < 1.29 is 4.79 Å². The van der Waals surface area contributed by atoms with Gasteiger partial charge in [-0.1, -0.05) is 30.3 Å². The predicted molar refractivity (Wildman–Crippen MR) is 81.6 cm³/mol. The molecule has 0 fully saturated rings. The zero-order valence-electron chi connectivity index (χ0n) is 11.3. The molecule has 0 spiro atoms. The minimum Gasteiger partial charge on any atom is -0.369 e. The van der Waals surface area contributed by atoms with E-state index in [0.29, 0.717) is 4.88 Å². The minimum atomic E-state index is 0.0538. The van der Waals surface area contributed by atoms with Gasteiger partial charge < -0.3 is 4.90 Å². The lowest BCUT2D eigenvalue weighted by atomic mass is 10.2. The van der Waals surface area contributed by atoms with Crippen molar-refractivity contribution in [1.29, 1.82) is 0 Å². The number of thiophene rings is 1. The fourth-order valence-electron chi connectivity index (χ4n) is 1.65. The third-order valence-corrected chi connectivity index (χ3v) is 3.79. The molecule has 1 aromatic heterocycles. The van der Waals surface area contributed by atoms with Gasteiger partial charge in [0, 0.05) is 25.9 Å². The van der Waals surface area contributed by atoms with Gasteiger partial charge in [0.1, 0.15) is 0 Å². The average Bonchev–Trinajstić information content (AvgIpc) is 2.81. The van der Waals surface area contributed by atoms with Crippen molar-refractivity contribution >= 4 is 29.1 Å². The molecular weight excluding hydrogens is 256 g/mol. The minimum absolute atomic E-state index is 0.0538. The lowest BCUT2D eigenvalue weighted by Crippen LogP contribution is -2.07. The first-order valence-corrected chi connectivity index (χ1v) is 6.80. The number of ketones is 1. The number of nitrogens with zero attached hydrogens (tertiary/aromatic N) is 2. The monoisotopic (exact) mass is 272 g/mol. The van der Waals surface area contributed by atoms with Gasteiger partial charge in [0.15, 0.2) is 5.78 Å². The summed E-state index contributed by atoms with van der Waals surface area (Å²) in [7, 11) is 3.81. The Balaban J connectivity index is 2.44. The lowest BCUT2D eigenvalue weighted by Gasteiger charge is -2.01. The van der Waals surface area contributed by atoms with Gasteiger partial charge in [0.05, 0.1) is 16.9 Å². The summed E-state index contributed by atoms with van der Waals surface area (Å²) in [6.07, 6.45) is 1.71. The summed E-state index contributed by atoms with van der Waals surface area (Å²) < 4.78 is 0. The first-order valence-electron chi connectivity index (χ1n) is 5.98. The standard InChI is InChI=1S/C15H16N2OS/c1-11(18)15-13(16-10-17(2)3)9-14(19-15)12-7-5-4-6-8-12/h4-10H,1-3H3/b16-10+. The maximum atomic E-state index is 11.7. The third-order valence-electron chi connectivity index (χ3n) is 2.52. The molecule has 0 aliphatic rings. The van der Waals surface area contributed by atoms with Gasteiger partial charge in [-0.15, -0.1) is 11.3 Å². The largest absolute Gasteiger partial charge is 0.369 e. The first kappa shape index (κ1) is 13.5. The summed E-state index contributed by atoms with van der Waals surface area (Å²) in [6, 6.07) is 12.0. The Labute approximate surface area is 117 Å². The van der Waals surface area contributed by atoms with Crippen molar-refractivity contribution in [3.8, 4) is 10.4 Å². The van der Waals surface area contributed by atoms with Crippen molar-refractivity contribution in [2.45, 2.75) is 6.92 Å². The van der Waals surface area contributed by atoms with E-state index in [2.05, 4.69) is 4.99 Å². The molecule has 3 nitrogen and oxygen atoms in total. The Morgan fingerprint density at radius 1 is 1.26 bits per heavy atom. The summed E-state index contributed by atoms with van der Waals surface area (Å²) in [5.74, 6) is 0.0538. The van der Waals surface area contributed by atoms with Gasteiger partial charge in [0.2, 0.25) is 0 Å². The molecular formula is C15H16N2OS. The summed E-state index contributed by atoms with van der Waals surface area (Å²) in [6.45, 7) is 1.58. The Morgan fingerprint density at radius 2 is 1.95 bits per heavy atom. The molecule has 0 bridgehead atoms. The van der Waals surface area contributed by atoms with Crippen molar-refractivity contribution in [3.05, 3.63) is 41.3 Å². The van der Waals surface area contributed by atoms with Crippen molar-refractivity contribution in [2.24, 2.45) is 4.99 Å². The second kappa shape index (κ2) is 5.80. The number of carbonyl (C=O) groups excluding carboxylic acids is 1. The molecule has 4 heteroatoms. The van der Waals surface area contributed by atoms with E-state index in [-0.39, 0.29) is 5.78 Å². The predicted octanol–water partition coefficient (Wildman–Crippen LogP) is 3.84. The van der Waals surface area contributed by atoms with Crippen LogP contribution in [0.5, 0.6) is 0 Å². The van der Waals surface area contributed by atoms with Crippen LogP contribution in [0.25, 0.3) is 10.4 Å². The van der Waals surface area contributed by atoms with Gasteiger partial charge in [0.25, 0.3) is 0 Å². The molecule has 0 aliphatic carbocycles. The van der Waals surface area contributed by atoms with Crippen LogP contribution in [-0.2, 0) is 0 Å². The van der Waals surface area contributed by atoms with E-state index in [1.165, 1.54) is 11.3 Å². The highest BCUT2D eigenvalue weighted by molar-refractivity contribution is 7.18. The molecule has 19 heavy (non-hydrogen) atoms. The SMILES string of the molecule is CC(=O)c1sc(-c2ccccc2)cc1/N=C/N(C)C. The molecule has 0 N–H and O–H groups in total. The van der Waals surface area contributed by atoms with Crippen LogP contribution in [0.15, 0.2) is 41.4 Å². The zero-order chi connectivity index (χ0) is 13.8. The molecule has 1 heterocycles. The van der Waals surface area contributed by atoms with Crippen LogP contribution >= 0.6 is 11.3 Å². The Bertz CT molecular complexity index is 600. The third kappa shape index (κ3) is 3.29. The topological polar surface area (TPSA) is 32.7 Å². The highest BCUT2D eigenvalue weighted by Gasteiger charge is 2.13. The van der Waals surface area contributed by atoms with E-state index in [1.807, 2.05) is 55.4 Å². The Morgan fingerprint density at radius 3 is 2.53 bits per heavy atom. The summed E-state index contributed by atoms with van der Waals surface area (Å²) in [5, 5.41) is 0. The molecule has 0 saturated heterocycles. The van der Waals surface area contributed by atoms with Gasteiger partial charge in [-0.25, -0.2) is 4.99 Å². The van der Waals surface area contributed by atoms with E-state index in [9.17, 15) is 4.79 Å². The first-order chi connectivity index (χ1) is 9.08. The maximum Gasteiger partial charge on any atom is 0.171 e. The second-order valence-electron chi connectivity index (χ2n) is 4.46. The number of hydrogen-bond acceptors (Lipinski definition) is 3. The van der Waals surface area contributed by atoms with E-state index >= 15 is 0 Å². The fraction of sp³-hybridized carbons (Fsp3) is 0.200. The van der Waals surface area contributed by atoms with Gasteiger partial charge >= 0.3 is 0 Å². The van der Waals surface area contributed by atoms with Crippen molar-refractivity contribution in [2.75, 3.05) is 14.1 Å². The zero-order valence-corrected chi connectivity index (χ0v) is 12.1. The molecule has 0 amide bonds. The summed E-state index contributed by atoms with van der Waals surface area (Å²) in [4.78, 5) is 19.7. The van der Waals surface area contributed by atoms with Crippen LogP contribution in [0.4, 0.5) is 5.69 Å². The van der Waals surface area contributed by atoms with Gasteiger partial charge in [-0.2, -0.15) is 0 Å². The smallest absolute Gasteiger partial charge is 0.171 e. The van der Waals surface area contributed by atoms with E-state index < -0.39 is 0 Å². The normalized spacial score (nSPS) is 10.9. The summed E-state index contributed by atoms with van der Waals surface area (Å²) >= 11 is 1.49. The molecule has 0 atom stereocenters. The molecule has 0 aliphatic heterocycles. The second-order valence-corrected chi connectivity index (χ2v) is 5.51. The number of Topliss-reactive ketones (excluding diaryl/α,β-unsaturated/α-hetero) is 1. The molecule has 0 saturated carbocycles. The highest BCUT2D eigenvalue weighted by Crippen LogP contribution is 2.36. The lowest BCUT2D eigenvalue weighted by molar-refractivity contribution is 0.102. The van der Waals surface area contributed by atoms with E-state index in [0.717, 1.165) is 16.1 Å². The Kier molecular flexibility index (Phi) is 4.12. The quantitative estimate of drug-likeness (QED) is 0.481. The van der Waals surface area contributed by atoms with Gasteiger partial charge in [-0.3, -0.25) is 4.79 Å². The molecule has 0 unspecified atom stereocenters. The van der Waals surface area contributed by atoms with E-state index in [4.69, 9.17) is 0 Å². The number of carbonyl (C=O) groups is 1. The number of rotatable bonds is 4. The number of benzene rings is 1. The van der Waals surface area contributed by atoms with Crippen LogP contribution in [0.1, 0.15) is 16.6 Å².